The number of carbonyl (C=O) groups excluding carboxylic acids is 2. The van der Waals surface area contributed by atoms with E-state index in [1.807, 2.05) is 0 Å². The van der Waals surface area contributed by atoms with Gasteiger partial charge < -0.3 is 19.3 Å². The highest BCUT2D eigenvalue weighted by atomic mass is 31.2. The molecule has 0 heterocycles. The third-order valence-corrected chi connectivity index (χ3v) is 11.4. The van der Waals surface area contributed by atoms with Gasteiger partial charge in [-0.25, -0.2) is 4.57 Å². The first-order valence-electron chi connectivity index (χ1n) is 23.8. The van der Waals surface area contributed by atoms with Crippen LogP contribution in [0, 0.1) is 0 Å². The van der Waals surface area contributed by atoms with Crippen molar-refractivity contribution in [1.82, 2.24) is 0 Å². The lowest BCUT2D eigenvalue weighted by molar-refractivity contribution is -0.161. The lowest BCUT2D eigenvalue weighted by Crippen LogP contribution is -2.29. The van der Waals surface area contributed by atoms with E-state index in [0.717, 1.165) is 32.1 Å². The predicted molar refractivity (Wildman–Crippen MR) is 230 cm³/mol. The predicted octanol–water partition coefficient (Wildman–Crippen LogP) is 14.8. The molecule has 0 radical (unpaired) electrons. The van der Waals surface area contributed by atoms with Gasteiger partial charge in [0.15, 0.2) is 6.10 Å². The van der Waals surface area contributed by atoms with E-state index in [9.17, 15) is 14.2 Å². The van der Waals surface area contributed by atoms with Crippen LogP contribution in [0.4, 0.5) is 0 Å². The van der Waals surface area contributed by atoms with Crippen LogP contribution in [0.15, 0.2) is 0 Å². The fraction of sp³-hybridized carbons (Fsp3) is 0.957. The van der Waals surface area contributed by atoms with Crippen LogP contribution in [0.3, 0.4) is 0 Å². The van der Waals surface area contributed by atoms with Crippen LogP contribution >= 0.6 is 7.82 Å². The van der Waals surface area contributed by atoms with Crippen LogP contribution in [0.25, 0.3) is 0 Å². The first-order valence-corrected chi connectivity index (χ1v) is 25.4. The SMILES string of the molecule is CCCCCCCCCCCCCCCCCCCCCC(=O)OC[C@H](COP(=O)(O)O)OC(=O)CCCCCCCCCCCCCCCCCCCC. The number of esters is 2. The van der Waals surface area contributed by atoms with Crippen molar-refractivity contribution < 1.29 is 37.9 Å². The van der Waals surface area contributed by atoms with Crippen molar-refractivity contribution in [1.29, 1.82) is 0 Å². The van der Waals surface area contributed by atoms with Gasteiger partial charge in [0.05, 0.1) is 6.61 Å². The normalized spacial score (nSPS) is 12.3. The minimum atomic E-state index is -4.75. The highest BCUT2D eigenvalue weighted by molar-refractivity contribution is 7.46. The fourth-order valence-electron chi connectivity index (χ4n) is 7.32. The second-order valence-electron chi connectivity index (χ2n) is 16.5. The number of hydrogen-bond donors (Lipinski definition) is 2. The first-order chi connectivity index (χ1) is 26.8. The average Bonchev–Trinajstić information content (AvgIpc) is 3.16. The Kier molecular flexibility index (Phi) is 41.9. The number of hydrogen-bond acceptors (Lipinski definition) is 6. The number of rotatable bonds is 45. The molecule has 0 aliphatic rings. The number of ether oxygens (including phenoxy) is 2. The summed E-state index contributed by atoms with van der Waals surface area (Å²) in [6.45, 7) is 3.74. The zero-order valence-corrected chi connectivity index (χ0v) is 37.3. The summed E-state index contributed by atoms with van der Waals surface area (Å²) < 4.78 is 26.5. The Morgan fingerprint density at radius 3 is 0.927 bits per heavy atom. The van der Waals surface area contributed by atoms with Gasteiger partial charge in [-0.3, -0.25) is 14.1 Å². The maximum atomic E-state index is 12.4. The van der Waals surface area contributed by atoms with E-state index in [1.165, 1.54) is 199 Å². The third kappa shape index (κ3) is 45.6. The molecule has 0 spiro atoms. The monoisotopic (exact) mass is 803 g/mol. The maximum Gasteiger partial charge on any atom is 0.469 e. The first kappa shape index (κ1) is 54.0. The van der Waals surface area contributed by atoms with E-state index >= 15 is 0 Å². The van der Waals surface area contributed by atoms with Crippen molar-refractivity contribution in [3.05, 3.63) is 0 Å². The molecule has 0 rings (SSSR count). The smallest absolute Gasteiger partial charge is 0.462 e. The van der Waals surface area contributed by atoms with Crippen molar-refractivity contribution >= 4 is 19.8 Å². The quantitative estimate of drug-likeness (QED) is 0.0355. The molecule has 0 unspecified atom stereocenters. The largest absolute Gasteiger partial charge is 0.469 e. The molecular weight excluding hydrogens is 711 g/mol. The molecule has 0 amide bonds. The van der Waals surface area contributed by atoms with Gasteiger partial charge in [0, 0.05) is 12.8 Å². The number of phosphoric ester groups is 1. The van der Waals surface area contributed by atoms with Crippen LogP contribution in [0.1, 0.15) is 264 Å². The van der Waals surface area contributed by atoms with E-state index in [0.29, 0.717) is 6.42 Å². The topological polar surface area (TPSA) is 119 Å². The Morgan fingerprint density at radius 1 is 0.400 bits per heavy atom. The molecular formula is C46H91O8P. The van der Waals surface area contributed by atoms with E-state index in [4.69, 9.17) is 19.3 Å². The van der Waals surface area contributed by atoms with Gasteiger partial charge in [-0.2, -0.15) is 0 Å². The van der Waals surface area contributed by atoms with Crippen LogP contribution in [0.2, 0.25) is 0 Å². The Labute approximate surface area is 340 Å². The summed E-state index contributed by atoms with van der Waals surface area (Å²) in [6, 6.07) is 0. The highest BCUT2D eigenvalue weighted by Crippen LogP contribution is 2.36. The van der Waals surface area contributed by atoms with Crippen LogP contribution in [0.5, 0.6) is 0 Å². The van der Waals surface area contributed by atoms with Crippen molar-refractivity contribution in [2.24, 2.45) is 0 Å². The standard InChI is InChI=1S/C46H91O8P/c1-3-5-7-9-11-13-15-17-19-21-23-25-26-28-30-32-34-36-38-40-45(47)52-42-44(43-53-55(49,50)51)54-46(48)41-39-37-35-33-31-29-27-24-22-20-18-16-14-12-10-8-6-4-2/h44H,3-43H2,1-2H3,(H2,49,50,51)/t44-/m1/s1. The van der Waals surface area contributed by atoms with Gasteiger partial charge >= 0.3 is 19.8 Å². The molecule has 0 aromatic heterocycles. The van der Waals surface area contributed by atoms with E-state index in [2.05, 4.69) is 18.4 Å². The van der Waals surface area contributed by atoms with Crippen LogP contribution in [-0.4, -0.2) is 41.0 Å². The Morgan fingerprint density at radius 2 is 0.655 bits per heavy atom. The van der Waals surface area contributed by atoms with Gasteiger partial charge in [0.1, 0.15) is 6.61 Å². The van der Waals surface area contributed by atoms with Gasteiger partial charge in [0.2, 0.25) is 0 Å². The molecule has 2 N–H and O–H groups in total. The van der Waals surface area contributed by atoms with E-state index in [-0.39, 0.29) is 19.4 Å². The summed E-state index contributed by atoms with van der Waals surface area (Å²) in [7, 11) is -4.75. The number of unbranched alkanes of at least 4 members (excludes halogenated alkanes) is 35. The lowest BCUT2D eigenvalue weighted by atomic mass is 10.0. The van der Waals surface area contributed by atoms with Crippen LogP contribution < -0.4 is 0 Å². The molecule has 0 aromatic rings. The highest BCUT2D eigenvalue weighted by Gasteiger charge is 2.23. The van der Waals surface area contributed by atoms with Crippen molar-refractivity contribution in [2.75, 3.05) is 13.2 Å². The summed E-state index contributed by atoms with van der Waals surface area (Å²) in [5.41, 5.74) is 0. The molecule has 0 aliphatic heterocycles. The molecule has 0 aliphatic carbocycles. The maximum absolute atomic E-state index is 12.4. The fourth-order valence-corrected chi connectivity index (χ4v) is 7.68. The van der Waals surface area contributed by atoms with Gasteiger partial charge in [0.25, 0.3) is 0 Å². The Bertz CT molecular complexity index is 863. The van der Waals surface area contributed by atoms with E-state index < -0.39 is 32.5 Å². The lowest BCUT2D eigenvalue weighted by Gasteiger charge is -2.18. The summed E-state index contributed by atoms with van der Waals surface area (Å²) in [5.74, 6) is -0.863. The summed E-state index contributed by atoms with van der Waals surface area (Å²) in [4.78, 5) is 43.0. The van der Waals surface area contributed by atoms with Crippen molar-refractivity contribution in [3.63, 3.8) is 0 Å². The van der Waals surface area contributed by atoms with Crippen molar-refractivity contribution in [3.8, 4) is 0 Å². The molecule has 1 atom stereocenters. The molecule has 9 heteroatoms. The Hall–Kier alpha value is -0.950. The summed E-state index contributed by atoms with van der Waals surface area (Å²) in [5, 5.41) is 0. The molecule has 0 aromatic carbocycles. The summed E-state index contributed by atoms with van der Waals surface area (Å²) in [6.07, 6.45) is 46.9. The second kappa shape index (κ2) is 42.7. The molecule has 0 fully saturated rings. The Balaban J connectivity index is 3.79. The minimum Gasteiger partial charge on any atom is -0.462 e. The van der Waals surface area contributed by atoms with Gasteiger partial charge in [-0.1, -0.05) is 239 Å². The number of phosphoric acid groups is 1. The third-order valence-electron chi connectivity index (χ3n) is 10.9. The average molecular weight is 803 g/mol. The van der Waals surface area contributed by atoms with Crippen molar-refractivity contribution in [2.45, 2.75) is 270 Å². The molecule has 328 valence electrons. The van der Waals surface area contributed by atoms with Gasteiger partial charge in [-0.15, -0.1) is 0 Å². The molecule has 8 nitrogen and oxygen atoms in total. The molecule has 0 saturated heterocycles. The van der Waals surface area contributed by atoms with Gasteiger partial charge in [-0.05, 0) is 12.8 Å². The molecule has 55 heavy (non-hydrogen) atoms. The van der Waals surface area contributed by atoms with E-state index in [1.54, 1.807) is 0 Å². The zero-order valence-electron chi connectivity index (χ0n) is 36.4. The zero-order chi connectivity index (χ0) is 40.3. The second-order valence-corrected chi connectivity index (χ2v) is 17.7. The molecule has 0 bridgehead atoms. The van der Waals surface area contributed by atoms with Crippen LogP contribution in [-0.2, 0) is 28.2 Å². The number of carbonyl (C=O) groups is 2. The summed E-state index contributed by atoms with van der Waals surface area (Å²) >= 11 is 0. The minimum absolute atomic E-state index is 0.221. The molecule has 0 saturated carbocycles.